The summed E-state index contributed by atoms with van der Waals surface area (Å²) in [5.74, 6) is 0.591. The number of carbonyl (C=O) groups excluding carboxylic acids is 1. The van der Waals surface area contributed by atoms with E-state index in [2.05, 4.69) is 20.7 Å². The second-order valence-corrected chi connectivity index (χ2v) is 9.13. The molecule has 0 atom stereocenters. The van der Waals surface area contributed by atoms with E-state index in [9.17, 15) is 4.79 Å². The Balaban J connectivity index is 1.48. The van der Waals surface area contributed by atoms with Crippen LogP contribution in [0.2, 0.25) is 0 Å². The van der Waals surface area contributed by atoms with Crippen LogP contribution in [0, 0.1) is 13.8 Å². The third-order valence-corrected chi connectivity index (χ3v) is 6.97. The van der Waals surface area contributed by atoms with Crippen molar-refractivity contribution in [1.29, 1.82) is 0 Å². The Kier molecular flexibility index (Phi) is 5.46. The SMILES string of the molecule is Cc1csc(C2(NC(=O)c3cccc(OCc4csc(C)n4)c3)CCCC2)n1. The highest BCUT2D eigenvalue weighted by Gasteiger charge is 2.39. The lowest BCUT2D eigenvalue weighted by Crippen LogP contribution is -2.43. The van der Waals surface area contributed by atoms with Gasteiger partial charge in [-0.2, -0.15) is 0 Å². The molecule has 3 aromatic rings. The van der Waals surface area contributed by atoms with E-state index < -0.39 is 0 Å². The molecule has 1 fully saturated rings. The average molecular weight is 414 g/mol. The van der Waals surface area contributed by atoms with Crippen LogP contribution in [-0.2, 0) is 12.1 Å². The van der Waals surface area contributed by atoms with E-state index in [-0.39, 0.29) is 11.4 Å². The van der Waals surface area contributed by atoms with Gasteiger partial charge in [0.1, 0.15) is 17.4 Å². The third-order valence-electron chi connectivity index (χ3n) is 4.99. The standard InChI is InChI=1S/C21H23N3O2S2/c1-14-12-28-20(22-14)21(8-3-4-9-21)24-19(25)16-6-5-7-18(10-16)26-11-17-13-27-15(2)23-17/h5-7,10,12-13H,3-4,8-9,11H2,1-2H3,(H,24,25). The molecule has 0 bridgehead atoms. The zero-order valence-electron chi connectivity index (χ0n) is 16.0. The fourth-order valence-electron chi connectivity index (χ4n) is 3.59. The highest BCUT2D eigenvalue weighted by Crippen LogP contribution is 2.40. The van der Waals surface area contributed by atoms with Gasteiger partial charge in [0.25, 0.3) is 5.91 Å². The minimum absolute atomic E-state index is 0.0790. The summed E-state index contributed by atoms with van der Waals surface area (Å²) in [6, 6.07) is 7.34. The Labute approximate surface area is 172 Å². The van der Waals surface area contributed by atoms with Gasteiger partial charge in [-0.05, 0) is 44.9 Å². The largest absolute Gasteiger partial charge is 0.487 e. The molecule has 1 amide bonds. The van der Waals surface area contributed by atoms with Crippen LogP contribution in [0.5, 0.6) is 5.75 Å². The molecule has 1 saturated carbocycles. The van der Waals surface area contributed by atoms with Crippen LogP contribution in [0.3, 0.4) is 0 Å². The molecular weight excluding hydrogens is 390 g/mol. The normalized spacial score (nSPS) is 15.5. The van der Waals surface area contributed by atoms with E-state index in [0.29, 0.717) is 17.9 Å². The number of rotatable bonds is 6. The number of aryl methyl sites for hydroxylation is 2. The Morgan fingerprint density at radius 3 is 2.68 bits per heavy atom. The molecule has 0 spiro atoms. The fourth-order valence-corrected chi connectivity index (χ4v) is 5.20. The molecule has 0 aliphatic heterocycles. The van der Waals surface area contributed by atoms with Crippen molar-refractivity contribution in [1.82, 2.24) is 15.3 Å². The van der Waals surface area contributed by atoms with Crippen LogP contribution in [-0.4, -0.2) is 15.9 Å². The number of ether oxygens (including phenoxy) is 1. The quantitative estimate of drug-likeness (QED) is 0.618. The lowest BCUT2D eigenvalue weighted by Gasteiger charge is -2.28. The Hall–Kier alpha value is -2.25. The zero-order valence-corrected chi connectivity index (χ0v) is 17.7. The first-order chi connectivity index (χ1) is 13.5. The maximum absolute atomic E-state index is 13.0. The van der Waals surface area contributed by atoms with Crippen LogP contribution in [0.4, 0.5) is 0 Å². The van der Waals surface area contributed by atoms with E-state index in [1.165, 1.54) is 0 Å². The molecule has 1 aliphatic carbocycles. The smallest absolute Gasteiger partial charge is 0.252 e. The number of carbonyl (C=O) groups is 1. The fraction of sp³-hybridized carbons (Fsp3) is 0.381. The van der Waals surface area contributed by atoms with Crippen molar-refractivity contribution in [2.24, 2.45) is 0 Å². The summed E-state index contributed by atoms with van der Waals surface area (Å²) in [5, 5.41) is 9.36. The van der Waals surface area contributed by atoms with Crippen molar-refractivity contribution in [2.45, 2.75) is 51.7 Å². The first-order valence-electron chi connectivity index (χ1n) is 9.43. The number of nitrogens with one attached hydrogen (secondary N) is 1. The van der Waals surface area contributed by atoms with Crippen LogP contribution >= 0.6 is 22.7 Å². The van der Waals surface area contributed by atoms with Crippen molar-refractivity contribution in [2.75, 3.05) is 0 Å². The Morgan fingerprint density at radius 1 is 1.18 bits per heavy atom. The number of hydrogen-bond acceptors (Lipinski definition) is 6. The molecule has 1 aromatic carbocycles. The van der Waals surface area contributed by atoms with Gasteiger partial charge in [0.05, 0.1) is 16.2 Å². The lowest BCUT2D eigenvalue weighted by atomic mass is 9.97. The molecule has 1 aliphatic rings. The lowest BCUT2D eigenvalue weighted by molar-refractivity contribution is 0.0897. The molecule has 5 nitrogen and oxygen atoms in total. The Bertz CT molecular complexity index is 973. The second-order valence-electron chi connectivity index (χ2n) is 7.21. The molecule has 4 rings (SSSR count). The molecule has 2 heterocycles. The van der Waals surface area contributed by atoms with Crippen LogP contribution in [0.25, 0.3) is 0 Å². The Morgan fingerprint density at radius 2 is 2.00 bits per heavy atom. The maximum Gasteiger partial charge on any atom is 0.252 e. The van der Waals surface area contributed by atoms with E-state index in [1.54, 1.807) is 28.7 Å². The van der Waals surface area contributed by atoms with Gasteiger partial charge in [0.2, 0.25) is 0 Å². The van der Waals surface area contributed by atoms with Gasteiger partial charge in [-0.15, -0.1) is 22.7 Å². The van der Waals surface area contributed by atoms with Crippen LogP contribution in [0.15, 0.2) is 35.0 Å². The topological polar surface area (TPSA) is 64.1 Å². The summed E-state index contributed by atoms with van der Waals surface area (Å²) in [7, 11) is 0. The van der Waals surface area contributed by atoms with Gasteiger partial charge in [0, 0.05) is 22.0 Å². The summed E-state index contributed by atoms with van der Waals surface area (Å²) in [5.41, 5.74) is 2.17. The van der Waals surface area contributed by atoms with Gasteiger partial charge in [-0.3, -0.25) is 4.79 Å². The van der Waals surface area contributed by atoms with E-state index in [4.69, 9.17) is 4.74 Å². The monoisotopic (exact) mass is 413 g/mol. The van der Waals surface area contributed by atoms with Gasteiger partial charge in [0.15, 0.2) is 0 Å². The number of hydrogen-bond donors (Lipinski definition) is 1. The van der Waals surface area contributed by atoms with E-state index >= 15 is 0 Å². The molecular formula is C21H23N3O2S2. The molecule has 28 heavy (non-hydrogen) atoms. The predicted octanol–water partition coefficient (Wildman–Crippen LogP) is 4.99. The number of thiazole rings is 2. The maximum atomic E-state index is 13.0. The predicted molar refractivity (Wildman–Crippen MR) is 112 cm³/mol. The van der Waals surface area contributed by atoms with Crippen molar-refractivity contribution >= 4 is 28.6 Å². The zero-order chi connectivity index (χ0) is 19.6. The minimum Gasteiger partial charge on any atom is -0.487 e. The number of aromatic nitrogens is 2. The molecule has 0 radical (unpaired) electrons. The molecule has 1 N–H and O–H groups in total. The van der Waals surface area contributed by atoms with E-state index in [1.807, 2.05) is 37.4 Å². The molecule has 0 saturated heterocycles. The van der Waals surface area contributed by atoms with Crippen molar-refractivity contribution in [3.8, 4) is 5.75 Å². The second kappa shape index (κ2) is 8.01. The van der Waals surface area contributed by atoms with Gasteiger partial charge in [-0.1, -0.05) is 18.9 Å². The van der Waals surface area contributed by atoms with Gasteiger partial charge < -0.3 is 10.1 Å². The van der Waals surface area contributed by atoms with Crippen molar-refractivity contribution in [3.05, 3.63) is 62.0 Å². The van der Waals surface area contributed by atoms with Gasteiger partial charge in [-0.25, -0.2) is 9.97 Å². The highest BCUT2D eigenvalue weighted by molar-refractivity contribution is 7.10. The average Bonchev–Trinajstić information content (AvgIpc) is 3.42. The summed E-state index contributed by atoms with van der Waals surface area (Å²) in [6.07, 6.45) is 4.08. The van der Waals surface area contributed by atoms with E-state index in [0.717, 1.165) is 47.1 Å². The number of nitrogens with zero attached hydrogens (tertiary/aromatic N) is 2. The first kappa shape index (κ1) is 19.1. The summed E-state index contributed by atoms with van der Waals surface area (Å²) < 4.78 is 5.83. The first-order valence-corrected chi connectivity index (χ1v) is 11.2. The van der Waals surface area contributed by atoms with Crippen molar-refractivity contribution < 1.29 is 9.53 Å². The summed E-state index contributed by atoms with van der Waals surface area (Å²) >= 11 is 3.24. The molecule has 0 unspecified atom stereocenters. The third kappa shape index (κ3) is 4.10. The molecule has 7 heteroatoms. The van der Waals surface area contributed by atoms with Crippen LogP contribution in [0.1, 0.15) is 57.4 Å². The van der Waals surface area contributed by atoms with Gasteiger partial charge >= 0.3 is 0 Å². The number of amides is 1. The summed E-state index contributed by atoms with van der Waals surface area (Å²) in [6.45, 7) is 4.37. The summed E-state index contributed by atoms with van der Waals surface area (Å²) in [4.78, 5) is 22.1. The highest BCUT2D eigenvalue weighted by atomic mass is 32.1. The molecule has 146 valence electrons. The minimum atomic E-state index is -0.342. The van der Waals surface area contributed by atoms with Crippen molar-refractivity contribution in [3.63, 3.8) is 0 Å². The number of benzene rings is 1. The molecule has 2 aromatic heterocycles. The van der Waals surface area contributed by atoms with Crippen LogP contribution < -0.4 is 10.1 Å².